The smallest absolute Gasteiger partial charge is 0.286 e. The van der Waals surface area contributed by atoms with Crippen molar-refractivity contribution in [1.29, 1.82) is 0 Å². The Kier molecular flexibility index (Phi) is 8.45. The Morgan fingerprint density at radius 1 is 1.24 bits per heavy atom. The number of amides is 2. The summed E-state index contributed by atoms with van der Waals surface area (Å²) in [6.45, 7) is 5.73. The van der Waals surface area contributed by atoms with Gasteiger partial charge in [0.15, 0.2) is 9.92 Å². The summed E-state index contributed by atoms with van der Waals surface area (Å²) < 4.78 is 32.4. The number of aryl methyl sites for hydroxylation is 1. The third-order valence-electron chi connectivity index (χ3n) is 10.8. The number of hydrogen-bond acceptors (Lipinski definition) is 7. The van der Waals surface area contributed by atoms with Crippen LogP contribution < -0.4 is 15.1 Å². The zero-order valence-corrected chi connectivity index (χ0v) is 28.3. The molecule has 1 spiro atoms. The molecule has 2 aliphatic carbocycles. The van der Waals surface area contributed by atoms with Crippen molar-refractivity contribution in [2.45, 2.75) is 75.7 Å². The highest BCUT2D eigenvalue weighted by Crippen LogP contribution is 2.47. The molecule has 2 amide bonds. The van der Waals surface area contributed by atoms with Crippen molar-refractivity contribution in [2.75, 3.05) is 31.7 Å². The molecule has 1 saturated carbocycles. The third-order valence-corrected chi connectivity index (χ3v) is 13.6. The van der Waals surface area contributed by atoms with Gasteiger partial charge in [-0.1, -0.05) is 43.7 Å². The second-order valence-electron chi connectivity index (χ2n) is 13.7. The van der Waals surface area contributed by atoms with E-state index in [0.29, 0.717) is 30.4 Å². The van der Waals surface area contributed by atoms with Crippen molar-refractivity contribution in [1.82, 2.24) is 9.84 Å². The first-order valence-electron chi connectivity index (χ1n) is 16.6. The van der Waals surface area contributed by atoms with Crippen LogP contribution in [-0.4, -0.2) is 58.7 Å². The van der Waals surface area contributed by atoms with Gasteiger partial charge in [-0.2, -0.15) is 9.84 Å². The maximum Gasteiger partial charge on any atom is 0.286 e. The van der Waals surface area contributed by atoms with Gasteiger partial charge in [0.2, 0.25) is 5.91 Å². The van der Waals surface area contributed by atoms with E-state index in [2.05, 4.69) is 39.0 Å². The van der Waals surface area contributed by atoms with E-state index in [0.717, 1.165) is 66.1 Å². The number of nitrogens with zero attached hydrogens (tertiary/aromatic N) is 3. The Hall–Kier alpha value is -2.92. The molecule has 2 aromatic rings. The molecule has 5 aliphatic rings. The molecule has 7 atom stereocenters. The molecule has 2 bridgehead atoms. The van der Waals surface area contributed by atoms with Gasteiger partial charge in [0.1, 0.15) is 11.1 Å². The number of nitrogens with one attached hydrogen (secondary N) is 1. The predicted molar refractivity (Wildman–Crippen MR) is 179 cm³/mol. The molecule has 1 N–H and O–H groups in total. The largest absolute Gasteiger partial charge is 0.490 e. The van der Waals surface area contributed by atoms with Crippen LogP contribution in [0, 0.1) is 17.8 Å². The molecule has 3 heterocycles. The maximum absolute atomic E-state index is 14.4. The molecule has 2 fully saturated rings. The minimum Gasteiger partial charge on any atom is -0.490 e. The summed E-state index contributed by atoms with van der Waals surface area (Å²) >= 11 is 6.44. The second-order valence-corrected chi connectivity index (χ2v) is 16.2. The third kappa shape index (κ3) is 5.35. The van der Waals surface area contributed by atoms with Crippen LogP contribution in [0.25, 0.3) is 0 Å². The van der Waals surface area contributed by atoms with Gasteiger partial charge < -0.3 is 14.4 Å². The predicted octanol–water partition coefficient (Wildman–Crippen LogP) is 6.06. The van der Waals surface area contributed by atoms with Crippen molar-refractivity contribution >= 4 is 39.0 Å². The normalized spacial score (nSPS) is 34.4. The van der Waals surface area contributed by atoms with Crippen LogP contribution in [0.3, 0.4) is 0 Å². The zero-order chi connectivity index (χ0) is 32.2. The second kappa shape index (κ2) is 12.3. The average molecular weight is 667 g/mol. The highest BCUT2D eigenvalue weighted by molar-refractivity contribution is 7.93. The van der Waals surface area contributed by atoms with E-state index < -0.39 is 21.2 Å². The Morgan fingerprint density at radius 3 is 2.85 bits per heavy atom. The topological polar surface area (TPSA) is 101 Å². The van der Waals surface area contributed by atoms with Gasteiger partial charge in [-0.05, 0) is 97.7 Å². The number of ether oxygens (including phenoxy) is 2. The summed E-state index contributed by atoms with van der Waals surface area (Å²) in [4.78, 5) is 29.0. The van der Waals surface area contributed by atoms with Crippen molar-refractivity contribution < 1.29 is 23.3 Å². The van der Waals surface area contributed by atoms with E-state index in [4.69, 9.17) is 21.1 Å². The molecule has 3 aliphatic heterocycles. The molecule has 2 aromatic carbocycles. The van der Waals surface area contributed by atoms with Gasteiger partial charge in [-0.3, -0.25) is 9.59 Å². The van der Waals surface area contributed by atoms with Crippen LogP contribution in [0.1, 0.15) is 73.9 Å². The minimum absolute atomic E-state index is 0.0393. The molecule has 46 heavy (non-hydrogen) atoms. The van der Waals surface area contributed by atoms with Gasteiger partial charge in [-0.25, -0.2) is 4.21 Å². The number of hydrogen-bond donors (Lipinski definition) is 1. The van der Waals surface area contributed by atoms with E-state index in [9.17, 15) is 13.8 Å². The molecule has 0 aromatic heterocycles. The number of methoxy groups -OCH3 is 1. The monoisotopic (exact) mass is 666 g/mol. The summed E-state index contributed by atoms with van der Waals surface area (Å²) in [6.07, 6.45) is 10.1. The Labute approximate surface area is 276 Å². The lowest BCUT2D eigenvalue weighted by Crippen LogP contribution is -2.69. The van der Waals surface area contributed by atoms with Crippen LogP contribution in [0.5, 0.6) is 5.75 Å². The van der Waals surface area contributed by atoms with Crippen LogP contribution in [0.4, 0.5) is 5.69 Å². The lowest BCUT2D eigenvalue weighted by Gasteiger charge is -2.46. The highest BCUT2D eigenvalue weighted by atomic mass is 35.5. The molecule has 9 nitrogen and oxygen atoms in total. The van der Waals surface area contributed by atoms with Crippen LogP contribution in [-0.2, 0) is 31.3 Å². The SMILES string of the molecule is CCC(=O)N1N[C@@H]2[C@@H](C)C/C=C/[C@H](OC)[C@@H]3CC[C@H]3CN3C[C@@]4(CCCc5cc(Cl)ccc54)COc4ccc(cc43)C(=O)N=[S@]21=O. The van der Waals surface area contributed by atoms with E-state index in [1.54, 1.807) is 20.1 Å². The van der Waals surface area contributed by atoms with Crippen LogP contribution in [0.15, 0.2) is 52.9 Å². The van der Waals surface area contributed by atoms with Crippen LogP contribution >= 0.6 is 11.6 Å². The molecule has 7 rings (SSSR count). The number of halogens is 1. The van der Waals surface area contributed by atoms with E-state index in [1.165, 1.54) is 11.1 Å². The Morgan fingerprint density at radius 2 is 2.09 bits per heavy atom. The number of carbonyl (C=O) groups is 2. The van der Waals surface area contributed by atoms with Crippen molar-refractivity contribution in [2.24, 2.45) is 22.1 Å². The zero-order valence-electron chi connectivity index (χ0n) is 26.7. The van der Waals surface area contributed by atoms with Crippen molar-refractivity contribution in [3.63, 3.8) is 0 Å². The number of rotatable bonds is 2. The van der Waals surface area contributed by atoms with Gasteiger partial charge in [0.25, 0.3) is 5.91 Å². The van der Waals surface area contributed by atoms with E-state index in [-0.39, 0.29) is 29.8 Å². The highest BCUT2D eigenvalue weighted by Gasteiger charge is 2.48. The number of allylic oxidation sites excluding steroid dienone is 1. The molecule has 1 saturated heterocycles. The lowest BCUT2D eigenvalue weighted by atomic mass is 9.68. The molecule has 246 valence electrons. The molecule has 11 heteroatoms. The fourth-order valence-electron chi connectivity index (χ4n) is 8.12. The molecule has 0 radical (unpaired) electrons. The number of carbonyl (C=O) groups excluding carboxylic acids is 2. The quantitative estimate of drug-likeness (QED) is 0.389. The molecular formula is C35H43ClN4O5S. The van der Waals surface area contributed by atoms with Gasteiger partial charge in [0.05, 0.1) is 18.4 Å². The first-order chi connectivity index (χ1) is 22.2. The minimum atomic E-state index is -3.36. The van der Waals surface area contributed by atoms with Gasteiger partial charge in [-0.15, -0.1) is 4.36 Å². The summed E-state index contributed by atoms with van der Waals surface area (Å²) in [7, 11) is -1.59. The maximum atomic E-state index is 14.4. The average Bonchev–Trinajstić information content (AvgIpc) is 3.18. The fourth-order valence-corrected chi connectivity index (χ4v) is 10.6. The van der Waals surface area contributed by atoms with E-state index >= 15 is 0 Å². The summed E-state index contributed by atoms with van der Waals surface area (Å²) in [5.41, 5.74) is 6.54. The Balaban J connectivity index is 1.33. The van der Waals surface area contributed by atoms with Crippen molar-refractivity contribution in [3.05, 3.63) is 70.3 Å². The van der Waals surface area contributed by atoms with Crippen LogP contribution in [0.2, 0.25) is 5.02 Å². The number of fused-ring (bicyclic) bond motifs is 5. The Bertz CT molecular complexity index is 1710. The molecular weight excluding hydrogens is 624 g/mol. The summed E-state index contributed by atoms with van der Waals surface area (Å²) in [5.74, 6) is 0.393. The fraction of sp³-hybridized carbons (Fsp3) is 0.543. The summed E-state index contributed by atoms with van der Waals surface area (Å²) in [5, 5.41) is 0.111. The first-order valence-corrected chi connectivity index (χ1v) is 18.5. The van der Waals surface area contributed by atoms with Gasteiger partial charge >= 0.3 is 0 Å². The van der Waals surface area contributed by atoms with E-state index in [1.807, 2.05) is 25.1 Å². The first kappa shape index (κ1) is 31.7. The lowest BCUT2D eigenvalue weighted by molar-refractivity contribution is -0.129. The van der Waals surface area contributed by atoms with Gasteiger partial charge in [0, 0.05) is 42.6 Å². The number of hydrazine groups is 1. The summed E-state index contributed by atoms with van der Waals surface area (Å²) in [6, 6.07) is 11.6. The number of benzene rings is 2. The molecule has 0 unspecified atom stereocenters. The number of anilines is 1. The van der Waals surface area contributed by atoms with Crippen molar-refractivity contribution in [3.8, 4) is 5.75 Å². The standard InChI is InChI=1S/C35H43ClN4O5S/c1-4-32(41)40-37-34-22(2)7-5-9-30(44-3)27-13-10-25(27)19-39-20-35(16-6-8-23-17-26(36)12-14-28(23)35)21-45-31-15-11-24(18-29(31)39)33(42)38-46(34,40)43/h5,9,11-12,14-15,17-18,22,25,27,30,34,37H,4,6-8,10,13,16,19-21H2,1-3H3/b9-5+/t22-,25-,27+,30-,34-,35-,46+/m0/s1.